The molecule has 7 unspecified atom stereocenters. The van der Waals surface area contributed by atoms with Crippen LogP contribution in [0.3, 0.4) is 0 Å². The van der Waals surface area contributed by atoms with Gasteiger partial charge in [0.1, 0.15) is 0 Å². The smallest absolute Gasteiger partial charge is 0.313 e. The molecule has 168 valence electrons. The summed E-state index contributed by atoms with van der Waals surface area (Å²) in [6.45, 7) is 1.22. The lowest BCUT2D eigenvalue weighted by Crippen LogP contribution is -2.42. The van der Waals surface area contributed by atoms with Crippen LogP contribution in [0.2, 0.25) is 0 Å². The van der Waals surface area contributed by atoms with E-state index in [0.29, 0.717) is 0 Å². The molecular formula is C18H25NO11. The number of carboxylic acid groups (broad SMARTS) is 2. The van der Waals surface area contributed by atoms with Crippen molar-refractivity contribution in [2.24, 2.45) is 23.7 Å². The number of carbonyl (C=O) groups excluding carboxylic acids is 2. The lowest BCUT2D eigenvalue weighted by Gasteiger charge is -2.31. The van der Waals surface area contributed by atoms with Gasteiger partial charge in [0.25, 0.3) is 0 Å². The minimum atomic E-state index is -1.43. The quantitative estimate of drug-likeness (QED) is 0.219. The topological polar surface area (TPSA) is 191 Å². The lowest BCUT2D eigenvalue weighted by molar-refractivity contribution is -0.528. The van der Waals surface area contributed by atoms with E-state index in [4.69, 9.17) is 9.47 Å². The van der Waals surface area contributed by atoms with Gasteiger partial charge in [-0.15, -0.1) is 0 Å². The first kappa shape index (κ1) is 23.5. The van der Waals surface area contributed by atoms with Crippen LogP contribution < -0.4 is 0 Å². The van der Waals surface area contributed by atoms with Gasteiger partial charge in [-0.25, -0.2) is 0 Å². The van der Waals surface area contributed by atoms with Gasteiger partial charge in [0.15, 0.2) is 0 Å². The maximum Gasteiger partial charge on any atom is 0.313 e. The summed E-state index contributed by atoms with van der Waals surface area (Å²) in [5, 5.41) is 39.2. The Balaban J connectivity index is 1.99. The van der Waals surface area contributed by atoms with Crippen molar-refractivity contribution in [1.29, 1.82) is 0 Å². The maximum absolute atomic E-state index is 12.4. The Labute approximate surface area is 171 Å². The summed E-state index contributed by atoms with van der Waals surface area (Å²) >= 11 is 0. The van der Waals surface area contributed by atoms with Crippen LogP contribution in [0.25, 0.3) is 0 Å². The summed E-state index contributed by atoms with van der Waals surface area (Å²) in [5.41, 5.74) is 0. The van der Waals surface area contributed by atoms with Gasteiger partial charge in [0.2, 0.25) is 12.3 Å². The molecule has 3 N–H and O–H groups in total. The molecule has 2 aliphatic rings. The van der Waals surface area contributed by atoms with E-state index >= 15 is 0 Å². The number of aliphatic hydroxyl groups excluding tert-OH is 1. The molecule has 12 heteroatoms. The van der Waals surface area contributed by atoms with Crippen LogP contribution in [0.5, 0.6) is 0 Å². The van der Waals surface area contributed by atoms with Crippen LogP contribution in [0.1, 0.15) is 45.4 Å². The average Bonchev–Trinajstić information content (AvgIpc) is 2.66. The van der Waals surface area contributed by atoms with E-state index in [1.807, 2.05) is 0 Å². The normalized spacial score (nSPS) is 32.5. The number of carbonyl (C=O) groups is 4. The zero-order valence-corrected chi connectivity index (χ0v) is 16.3. The van der Waals surface area contributed by atoms with E-state index in [0.717, 1.165) is 0 Å². The molecule has 0 aliphatic heterocycles. The number of ether oxygens (including phenoxy) is 2. The Kier molecular flexibility index (Phi) is 7.71. The second-order valence-corrected chi connectivity index (χ2v) is 7.76. The molecule has 0 aromatic rings. The monoisotopic (exact) mass is 431 g/mol. The standard InChI is InChI=1S/C18H25NO11/c1-8(29-17(25)12-5-3-10(20)7-13(12)16(23)24)30-18(26)14-6-9(19(27)28)2-4-11(14)15(21)22/h8-14,20H,2-7H2,1H3,(H,21,22)(H,23,24). The van der Waals surface area contributed by atoms with Crippen LogP contribution in [0.15, 0.2) is 0 Å². The number of aliphatic hydroxyl groups is 1. The molecule has 7 atom stereocenters. The molecule has 2 aliphatic carbocycles. The van der Waals surface area contributed by atoms with Crippen molar-refractivity contribution in [3.05, 3.63) is 10.1 Å². The number of hydrogen-bond donors (Lipinski definition) is 3. The highest BCUT2D eigenvalue weighted by atomic mass is 16.7. The highest BCUT2D eigenvalue weighted by Crippen LogP contribution is 2.34. The van der Waals surface area contributed by atoms with Crippen LogP contribution >= 0.6 is 0 Å². The number of esters is 2. The van der Waals surface area contributed by atoms with E-state index in [1.165, 1.54) is 6.92 Å². The first-order chi connectivity index (χ1) is 14.0. The Morgan fingerprint density at radius 2 is 1.40 bits per heavy atom. The second-order valence-electron chi connectivity index (χ2n) is 7.76. The van der Waals surface area contributed by atoms with E-state index in [1.54, 1.807) is 0 Å². The SMILES string of the molecule is CC(OC(=O)C1CCC(O)CC1C(=O)O)OC(=O)C1CC([N+](=O)[O-])CCC1C(=O)O. The molecule has 2 fully saturated rings. The van der Waals surface area contributed by atoms with Gasteiger partial charge >= 0.3 is 23.9 Å². The van der Waals surface area contributed by atoms with E-state index in [9.17, 15) is 44.6 Å². The molecule has 12 nitrogen and oxygen atoms in total. The van der Waals surface area contributed by atoms with Gasteiger partial charge in [-0.3, -0.25) is 29.3 Å². The molecule has 0 bridgehead atoms. The lowest BCUT2D eigenvalue weighted by atomic mass is 9.77. The van der Waals surface area contributed by atoms with Crippen LogP contribution in [0.4, 0.5) is 0 Å². The number of nitro groups is 1. The van der Waals surface area contributed by atoms with E-state index in [2.05, 4.69) is 0 Å². The van der Waals surface area contributed by atoms with Crippen molar-refractivity contribution in [1.82, 2.24) is 0 Å². The third kappa shape index (κ3) is 5.65. The third-order valence-corrected chi connectivity index (χ3v) is 5.75. The van der Waals surface area contributed by atoms with Gasteiger partial charge in [0.05, 0.1) is 29.8 Å². The highest BCUT2D eigenvalue weighted by molar-refractivity contribution is 5.82. The summed E-state index contributed by atoms with van der Waals surface area (Å²) in [5.74, 6) is -9.02. The van der Waals surface area contributed by atoms with Crippen molar-refractivity contribution >= 4 is 23.9 Å². The van der Waals surface area contributed by atoms with Crippen molar-refractivity contribution in [2.45, 2.75) is 63.9 Å². The largest absolute Gasteiger partial charge is 0.481 e. The van der Waals surface area contributed by atoms with Crippen LogP contribution in [0, 0.1) is 33.8 Å². The number of nitrogens with zero attached hydrogens (tertiary/aromatic N) is 1. The van der Waals surface area contributed by atoms with E-state index in [-0.39, 0.29) is 38.5 Å². The maximum atomic E-state index is 12.4. The second kappa shape index (κ2) is 9.83. The summed E-state index contributed by atoms with van der Waals surface area (Å²) in [6, 6.07) is -1.07. The van der Waals surface area contributed by atoms with Crippen LogP contribution in [-0.2, 0) is 28.7 Å². The molecule has 2 saturated carbocycles. The molecule has 0 heterocycles. The first-order valence-electron chi connectivity index (χ1n) is 9.69. The van der Waals surface area contributed by atoms with E-state index < -0.39 is 70.9 Å². The molecule has 0 spiro atoms. The molecular weight excluding hydrogens is 406 g/mol. The minimum absolute atomic E-state index is 0.0302. The minimum Gasteiger partial charge on any atom is -0.481 e. The number of carboxylic acids is 2. The zero-order chi connectivity index (χ0) is 22.6. The van der Waals surface area contributed by atoms with Gasteiger partial charge < -0.3 is 24.8 Å². The van der Waals surface area contributed by atoms with Crippen molar-refractivity contribution < 1.29 is 48.9 Å². The molecule has 0 saturated heterocycles. The molecule has 0 amide bonds. The van der Waals surface area contributed by atoms with Crippen molar-refractivity contribution in [3.63, 3.8) is 0 Å². The summed E-state index contributed by atoms with van der Waals surface area (Å²) < 4.78 is 10.0. The molecule has 0 radical (unpaired) electrons. The fourth-order valence-electron chi connectivity index (χ4n) is 4.13. The van der Waals surface area contributed by atoms with Gasteiger partial charge in [0, 0.05) is 24.7 Å². The molecule has 30 heavy (non-hydrogen) atoms. The van der Waals surface area contributed by atoms with Crippen LogP contribution in [-0.4, -0.2) is 62.6 Å². The fourth-order valence-corrected chi connectivity index (χ4v) is 4.13. The number of aliphatic carboxylic acids is 2. The Hall–Kier alpha value is -2.76. The number of rotatable bonds is 7. The summed E-state index contributed by atoms with van der Waals surface area (Å²) in [4.78, 5) is 58.0. The van der Waals surface area contributed by atoms with Crippen molar-refractivity contribution in [3.8, 4) is 0 Å². The van der Waals surface area contributed by atoms with Gasteiger partial charge in [-0.2, -0.15) is 0 Å². The highest BCUT2D eigenvalue weighted by Gasteiger charge is 2.45. The molecule has 0 aromatic heterocycles. The Bertz CT molecular complexity index is 708. The molecule has 2 rings (SSSR count). The predicted octanol–water partition coefficient (Wildman–Crippen LogP) is 0.427. The Morgan fingerprint density at radius 3 is 1.93 bits per heavy atom. The fraction of sp³-hybridized carbons (Fsp3) is 0.778. The first-order valence-corrected chi connectivity index (χ1v) is 9.69. The van der Waals surface area contributed by atoms with Gasteiger partial charge in [-0.05, 0) is 25.7 Å². The molecule has 0 aromatic carbocycles. The zero-order valence-electron chi connectivity index (χ0n) is 16.3. The van der Waals surface area contributed by atoms with Gasteiger partial charge in [-0.1, -0.05) is 0 Å². The summed E-state index contributed by atoms with van der Waals surface area (Å²) in [7, 11) is 0. The van der Waals surface area contributed by atoms with Crippen molar-refractivity contribution in [2.75, 3.05) is 0 Å². The average molecular weight is 431 g/mol. The third-order valence-electron chi connectivity index (χ3n) is 5.75. The Morgan fingerprint density at radius 1 is 0.867 bits per heavy atom. The number of hydrogen-bond acceptors (Lipinski definition) is 9. The predicted molar refractivity (Wildman–Crippen MR) is 95.4 cm³/mol. The summed E-state index contributed by atoms with van der Waals surface area (Å²) in [6.07, 6.45) is -2.38.